The maximum atomic E-state index is 15.9. The highest BCUT2D eigenvalue weighted by atomic mass is 28.4. The van der Waals surface area contributed by atoms with Gasteiger partial charge in [0.15, 0.2) is 22.2 Å². The number of benzene rings is 1. The Labute approximate surface area is 320 Å². The summed E-state index contributed by atoms with van der Waals surface area (Å²) in [6, 6.07) is 14.1. The number of fused-ring (bicyclic) bond motifs is 5. The molecule has 1 heterocycles. The summed E-state index contributed by atoms with van der Waals surface area (Å²) in [5.74, 6) is -2.84. The van der Waals surface area contributed by atoms with Crippen LogP contribution in [0.15, 0.2) is 41.5 Å². The largest absolute Gasteiger partial charge is 0.455 e. The number of ether oxygens (including phenoxy) is 3. The highest BCUT2D eigenvalue weighted by molar-refractivity contribution is 6.74. The molecular weight excluding hydrogens is 705 g/mol. The molecule has 3 fully saturated rings. The van der Waals surface area contributed by atoms with Crippen molar-refractivity contribution in [2.75, 3.05) is 6.61 Å². The summed E-state index contributed by atoms with van der Waals surface area (Å²) in [5, 5.41) is 13.9. The average Bonchev–Trinajstić information content (AvgIpc) is 3.13. The third-order valence-electron chi connectivity index (χ3n) is 14.8. The molecule has 2 bridgehead atoms. The van der Waals surface area contributed by atoms with Gasteiger partial charge in [-0.25, -0.2) is 4.79 Å². The van der Waals surface area contributed by atoms with Crippen LogP contribution < -0.4 is 0 Å². The second-order valence-corrected chi connectivity index (χ2v) is 26.6. The van der Waals surface area contributed by atoms with Gasteiger partial charge in [0.25, 0.3) is 0 Å². The summed E-state index contributed by atoms with van der Waals surface area (Å²) in [6.45, 7) is 24.3. The van der Waals surface area contributed by atoms with E-state index >= 15 is 4.79 Å². The molecule has 1 saturated heterocycles. The number of carbonyl (C=O) groups is 3. The van der Waals surface area contributed by atoms with Crippen LogP contribution in [-0.2, 0) is 32.7 Å². The van der Waals surface area contributed by atoms with E-state index in [9.17, 15) is 14.7 Å². The Hall–Kier alpha value is -2.16. The molecule has 1 aromatic rings. The number of ketones is 1. The zero-order chi connectivity index (χ0) is 39.4. The molecule has 1 N–H and O–H groups in total. The third-order valence-corrected chi connectivity index (χ3v) is 24.1. The smallest absolute Gasteiger partial charge is 0.338 e. The monoisotopic (exact) mass is 770 g/mol. The van der Waals surface area contributed by atoms with Gasteiger partial charge >= 0.3 is 11.9 Å². The molecule has 5 rings (SSSR count). The summed E-state index contributed by atoms with van der Waals surface area (Å²) >= 11 is 0. The summed E-state index contributed by atoms with van der Waals surface area (Å²) < 4.78 is 34.0. The van der Waals surface area contributed by atoms with Gasteiger partial charge in [0.05, 0.1) is 35.7 Å². The minimum absolute atomic E-state index is 0.0128. The summed E-state index contributed by atoms with van der Waals surface area (Å²) in [7, 11) is -4.59. The Kier molecular flexibility index (Phi) is 11.9. The van der Waals surface area contributed by atoms with Crippen LogP contribution >= 0.6 is 0 Å². The van der Waals surface area contributed by atoms with Gasteiger partial charge in [-0.05, 0) is 73.4 Å². The molecule has 0 aromatic heterocycles. The normalized spacial score (nSPS) is 35.3. The van der Waals surface area contributed by atoms with Gasteiger partial charge < -0.3 is 28.2 Å². The number of esters is 2. The Morgan fingerprint density at radius 1 is 0.906 bits per heavy atom. The molecule has 296 valence electrons. The van der Waals surface area contributed by atoms with Gasteiger partial charge in [0.2, 0.25) is 0 Å². The van der Waals surface area contributed by atoms with Crippen molar-refractivity contribution in [3.05, 3.63) is 47.0 Å². The molecule has 9 atom stereocenters. The van der Waals surface area contributed by atoms with Crippen LogP contribution in [0.4, 0.5) is 0 Å². The topological polar surface area (TPSA) is 118 Å². The molecule has 4 aliphatic rings. The van der Waals surface area contributed by atoms with Gasteiger partial charge in [-0.15, -0.1) is 0 Å². The maximum absolute atomic E-state index is 15.9. The molecule has 2 saturated carbocycles. The number of aliphatic hydroxyl groups is 1. The third kappa shape index (κ3) is 6.47. The first kappa shape index (κ1) is 42.0. The minimum Gasteiger partial charge on any atom is -0.455 e. The predicted octanol–water partition coefficient (Wildman–Crippen LogP) is 8.42. The van der Waals surface area contributed by atoms with Crippen LogP contribution in [0.2, 0.25) is 36.3 Å². The molecule has 11 heteroatoms. The molecule has 1 aliphatic heterocycles. The highest BCUT2D eigenvalue weighted by Gasteiger charge is 2.78. The Morgan fingerprint density at radius 3 is 1.94 bits per heavy atom. The van der Waals surface area contributed by atoms with Gasteiger partial charge in [0, 0.05) is 31.1 Å². The zero-order valence-electron chi connectivity index (χ0n) is 34.4. The number of rotatable bonds is 13. The molecule has 0 amide bonds. The van der Waals surface area contributed by atoms with Crippen LogP contribution in [0.5, 0.6) is 0 Å². The first-order valence-corrected chi connectivity index (χ1v) is 25.3. The van der Waals surface area contributed by atoms with E-state index in [1.54, 1.807) is 24.3 Å². The first-order chi connectivity index (χ1) is 24.9. The van der Waals surface area contributed by atoms with Crippen LogP contribution in [0.25, 0.3) is 0 Å². The van der Waals surface area contributed by atoms with E-state index in [0.717, 1.165) is 47.4 Å². The SMILES string of the molecule is CC[Si](CC)(CC)O[C@H]1C[C@@]2(O)[C@@H](OC(=O)c3ccccc3)[C@@H]3[C@]4(OC(C)=O)CO[C@@H]4C[C@H](O[Si](CC)(CC)CC)[C@@]3(C)C(=O)[C@H](C)C(=C1C)C2(C)C. The Balaban J connectivity index is 1.86. The molecule has 0 unspecified atom stereocenters. The molecule has 3 aliphatic carbocycles. The van der Waals surface area contributed by atoms with E-state index in [4.69, 9.17) is 23.1 Å². The van der Waals surface area contributed by atoms with Crippen LogP contribution in [0, 0.1) is 22.7 Å². The number of hydrogen-bond acceptors (Lipinski definition) is 9. The second-order valence-electron chi connectivity index (χ2n) is 17.2. The van der Waals surface area contributed by atoms with Crippen molar-refractivity contribution in [3.8, 4) is 0 Å². The van der Waals surface area contributed by atoms with Crippen molar-refractivity contribution in [1.82, 2.24) is 0 Å². The standard InChI is InChI=1S/C42H66O9Si2/c1-13-52(14-2,15-3)50-31-25-42(46)37(48-38(45)30-22-20-19-21-23-30)35-40(12,36(44)28(8)34(27(31)7)39(42,10)11)32(51-53(16-4,17-5)18-6)24-33-41(35,26-47-33)49-29(9)43/h19-23,28,31-33,35,37,46H,13-18,24-26H2,1-12H3/t28-,31+,32+,33-,35+,37+,40-,41+,42-/m1/s1. The lowest BCUT2D eigenvalue weighted by Gasteiger charge is -2.68. The van der Waals surface area contributed by atoms with Gasteiger partial charge in [-0.1, -0.05) is 80.5 Å². The lowest BCUT2D eigenvalue weighted by Crippen LogP contribution is -2.82. The van der Waals surface area contributed by atoms with Crippen LogP contribution in [0.3, 0.4) is 0 Å². The quantitative estimate of drug-likeness (QED) is 0.120. The molecule has 0 radical (unpaired) electrons. The minimum atomic E-state index is -2.35. The molecular formula is C42H66O9Si2. The van der Waals surface area contributed by atoms with Crippen molar-refractivity contribution >= 4 is 34.4 Å². The molecule has 9 nitrogen and oxygen atoms in total. The first-order valence-electron chi connectivity index (χ1n) is 20.3. The summed E-state index contributed by atoms with van der Waals surface area (Å²) in [6.07, 6.45) is -2.56. The van der Waals surface area contributed by atoms with Gasteiger partial charge in [-0.2, -0.15) is 0 Å². The van der Waals surface area contributed by atoms with E-state index in [1.807, 2.05) is 33.8 Å². The van der Waals surface area contributed by atoms with Gasteiger partial charge in [-0.3, -0.25) is 9.59 Å². The number of hydrogen-bond donors (Lipinski definition) is 1. The van der Waals surface area contributed by atoms with E-state index in [1.165, 1.54) is 6.92 Å². The summed E-state index contributed by atoms with van der Waals surface area (Å²) in [5.41, 5.74) is -3.38. The Morgan fingerprint density at radius 2 is 1.45 bits per heavy atom. The predicted molar refractivity (Wildman–Crippen MR) is 210 cm³/mol. The fourth-order valence-corrected chi connectivity index (χ4v) is 16.8. The average molecular weight is 771 g/mol. The fraction of sp³-hybridized carbons (Fsp3) is 0.738. The summed E-state index contributed by atoms with van der Waals surface area (Å²) in [4.78, 5) is 43.5. The molecule has 0 spiro atoms. The van der Waals surface area contributed by atoms with E-state index in [0.29, 0.717) is 12.0 Å². The van der Waals surface area contributed by atoms with Crippen molar-refractivity contribution in [2.24, 2.45) is 22.7 Å². The lowest BCUT2D eigenvalue weighted by atomic mass is 9.43. The van der Waals surface area contributed by atoms with Crippen LogP contribution in [-0.4, -0.2) is 81.7 Å². The van der Waals surface area contributed by atoms with E-state index in [2.05, 4.69) is 48.5 Å². The second kappa shape index (κ2) is 15.1. The maximum Gasteiger partial charge on any atom is 0.338 e. The molecule has 53 heavy (non-hydrogen) atoms. The van der Waals surface area contributed by atoms with Gasteiger partial charge in [0.1, 0.15) is 23.6 Å². The molecule has 1 aromatic carbocycles. The van der Waals surface area contributed by atoms with Crippen molar-refractivity contribution in [1.29, 1.82) is 0 Å². The highest BCUT2D eigenvalue weighted by Crippen LogP contribution is 2.66. The number of Topliss-reactive ketones (excluding diaryl/α,β-unsaturated/α-hetero) is 1. The van der Waals surface area contributed by atoms with Crippen molar-refractivity contribution in [3.63, 3.8) is 0 Å². The van der Waals surface area contributed by atoms with Crippen LogP contribution in [0.1, 0.15) is 106 Å². The lowest BCUT2D eigenvalue weighted by molar-refractivity contribution is -0.344. The number of carbonyl (C=O) groups excluding carboxylic acids is 3. The van der Waals surface area contributed by atoms with Crippen molar-refractivity contribution in [2.45, 2.75) is 168 Å². The van der Waals surface area contributed by atoms with Crippen molar-refractivity contribution < 1.29 is 42.6 Å². The zero-order valence-corrected chi connectivity index (χ0v) is 36.4. The van der Waals surface area contributed by atoms with E-state index in [-0.39, 0.29) is 18.8 Å². The fourth-order valence-electron chi connectivity index (χ4n) is 11.0. The van der Waals surface area contributed by atoms with E-state index < -0.39 is 86.9 Å². The Bertz CT molecular complexity index is 1550.